The minimum Gasteiger partial charge on any atom is -0.388 e. The standard InChI is InChI=1S/C10H17NO/c1-5-11-7-10(4,12)6-9(11)8(2)3/h1,8-9,12H,6-7H2,2-4H3/t9?,10-/m0/s1. The van der Waals surface area contributed by atoms with Gasteiger partial charge < -0.3 is 10.0 Å². The Kier molecular flexibility index (Phi) is 2.34. The molecule has 0 bridgehead atoms. The average molecular weight is 167 g/mol. The Morgan fingerprint density at radius 1 is 1.67 bits per heavy atom. The molecule has 0 aromatic rings. The smallest absolute Gasteiger partial charge is 0.0821 e. The number of aliphatic hydroxyl groups is 1. The van der Waals surface area contributed by atoms with Crippen LogP contribution in [-0.2, 0) is 0 Å². The van der Waals surface area contributed by atoms with Gasteiger partial charge in [-0.05, 0) is 19.3 Å². The normalized spacial score (nSPS) is 35.7. The summed E-state index contributed by atoms with van der Waals surface area (Å²) in [6.07, 6.45) is 6.13. The van der Waals surface area contributed by atoms with Gasteiger partial charge in [-0.1, -0.05) is 20.3 Å². The molecule has 1 N–H and O–H groups in total. The van der Waals surface area contributed by atoms with Crippen molar-refractivity contribution in [1.82, 2.24) is 4.90 Å². The predicted octanol–water partition coefficient (Wildman–Crippen LogP) is 1.06. The van der Waals surface area contributed by atoms with Gasteiger partial charge in [0.25, 0.3) is 0 Å². The summed E-state index contributed by atoms with van der Waals surface area (Å²) in [5.41, 5.74) is -0.596. The predicted molar refractivity (Wildman–Crippen MR) is 49.4 cm³/mol. The van der Waals surface area contributed by atoms with Crippen molar-refractivity contribution in [3.63, 3.8) is 0 Å². The van der Waals surface area contributed by atoms with Crippen molar-refractivity contribution in [2.75, 3.05) is 6.54 Å². The first-order valence-corrected chi connectivity index (χ1v) is 4.41. The molecule has 0 spiro atoms. The maximum absolute atomic E-state index is 9.78. The first kappa shape index (κ1) is 9.41. The van der Waals surface area contributed by atoms with E-state index in [-0.39, 0.29) is 0 Å². The second kappa shape index (κ2) is 2.99. The highest BCUT2D eigenvalue weighted by Gasteiger charge is 2.39. The molecular weight excluding hydrogens is 150 g/mol. The van der Waals surface area contributed by atoms with Crippen molar-refractivity contribution in [3.05, 3.63) is 0 Å². The molecule has 2 nitrogen and oxygen atoms in total. The second-order valence-electron chi connectivity index (χ2n) is 4.27. The van der Waals surface area contributed by atoms with Gasteiger partial charge in [0.05, 0.1) is 12.1 Å². The zero-order valence-electron chi connectivity index (χ0n) is 8.04. The summed E-state index contributed by atoms with van der Waals surface area (Å²) >= 11 is 0. The number of rotatable bonds is 1. The van der Waals surface area contributed by atoms with Gasteiger partial charge in [-0.2, -0.15) is 0 Å². The molecule has 0 radical (unpaired) electrons. The summed E-state index contributed by atoms with van der Waals surface area (Å²) in [4.78, 5) is 1.91. The van der Waals surface area contributed by atoms with Gasteiger partial charge in [-0.15, -0.1) is 0 Å². The van der Waals surface area contributed by atoms with Crippen LogP contribution in [0.4, 0.5) is 0 Å². The molecule has 1 aliphatic heterocycles. The van der Waals surface area contributed by atoms with Gasteiger partial charge >= 0.3 is 0 Å². The van der Waals surface area contributed by atoms with Gasteiger partial charge in [0.15, 0.2) is 0 Å². The third-order valence-corrected chi connectivity index (χ3v) is 2.50. The topological polar surface area (TPSA) is 23.5 Å². The summed E-state index contributed by atoms with van der Waals surface area (Å²) in [6.45, 7) is 6.72. The number of β-amino-alcohol motifs (C(OH)–C–C–N with tert-alkyl or cyclic N) is 1. The van der Waals surface area contributed by atoms with Crippen molar-refractivity contribution in [2.24, 2.45) is 5.92 Å². The van der Waals surface area contributed by atoms with Crippen LogP contribution in [-0.4, -0.2) is 28.2 Å². The summed E-state index contributed by atoms with van der Waals surface area (Å²) < 4.78 is 0. The van der Waals surface area contributed by atoms with E-state index in [0.29, 0.717) is 18.5 Å². The zero-order chi connectivity index (χ0) is 9.35. The van der Waals surface area contributed by atoms with E-state index in [1.165, 1.54) is 0 Å². The van der Waals surface area contributed by atoms with Crippen LogP contribution in [0.25, 0.3) is 0 Å². The zero-order valence-corrected chi connectivity index (χ0v) is 8.04. The van der Waals surface area contributed by atoms with Crippen LogP contribution in [0.15, 0.2) is 0 Å². The maximum atomic E-state index is 9.78. The monoisotopic (exact) mass is 167 g/mol. The largest absolute Gasteiger partial charge is 0.388 e. The summed E-state index contributed by atoms with van der Waals surface area (Å²) in [5.74, 6) is 0.509. The molecule has 12 heavy (non-hydrogen) atoms. The number of terminal acetylenes is 1. The fraction of sp³-hybridized carbons (Fsp3) is 0.800. The van der Waals surface area contributed by atoms with Crippen LogP contribution >= 0.6 is 0 Å². The summed E-state index contributed by atoms with van der Waals surface area (Å²) in [6, 6.07) is 2.96. The van der Waals surface area contributed by atoms with Crippen LogP contribution in [0.3, 0.4) is 0 Å². The van der Waals surface area contributed by atoms with E-state index in [1.54, 1.807) is 0 Å². The molecule has 2 heteroatoms. The van der Waals surface area contributed by atoms with Gasteiger partial charge in [0, 0.05) is 12.1 Å². The molecule has 68 valence electrons. The highest BCUT2D eigenvalue weighted by atomic mass is 16.3. The Labute approximate surface area is 74.6 Å². The third-order valence-electron chi connectivity index (χ3n) is 2.50. The lowest BCUT2D eigenvalue weighted by Crippen LogP contribution is -2.29. The maximum Gasteiger partial charge on any atom is 0.0821 e. The molecular formula is C10H17NO. The Balaban J connectivity index is 2.71. The van der Waals surface area contributed by atoms with Crippen molar-refractivity contribution in [2.45, 2.75) is 38.8 Å². The van der Waals surface area contributed by atoms with Gasteiger partial charge in [-0.3, -0.25) is 0 Å². The van der Waals surface area contributed by atoms with Crippen molar-refractivity contribution in [3.8, 4) is 12.5 Å². The number of likely N-dealkylation sites (tertiary alicyclic amines) is 1. The number of hydrogen-bond donors (Lipinski definition) is 1. The molecule has 1 heterocycles. The summed E-state index contributed by atoms with van der Waals surface area (Å²) in [5, 5.41) is 9.78. The van der Waals surface area contributed by atoms with E-state index in [9.17, 15) is 5.11 Å². The van der Waals surface area contributed by atoms with Gasteiger partial charge in [0.2, 0.25) is 0 Å². The minimum absolute atomic E-state index is 0.338. The Bertz CT molecular complexity index is 202. The highest BCUT2D eigenvalue weighted by Crippen LogP contribution is 2.30. The third kappa shape index (κ3) is 1.73. The van der Waals surface area contributed by atoms with Crippen molar-refractivity contribution >= 4 is 0 Å². The van der Waals surface area contributed by atoms with Gasteiger partial charge in [0.1, 0.15) is 0 Å². The highest BCUT2D eigenvalue weighted by molar-refractivity contribution is 5.02. The Morgan fingerprint density at radius 3 is 2.58 bits per heavy atom. The van der Waals surface area contributed by atoms with Crippen LogP contribution in [0.5, 0.6) is 0 Å². The average Bonchev–Trinajstić information content (AvgIpc) is 2.25. The Hall–Kier alpha value is -0.680. The van der Waals surface area contributed by atoms with Gasteiger partial charge in [-0.25, -0.2) is 0 Å². The number of nitrogens with zero attached hydrogens (tertiary/aromatic N) is 1. The molecule has 0 aromatic heterocycles. The van der Waals surface area contributed by atoms with E-state index in [4.69, 9.17) is 6.42 Å². The lowest BCUT2D eigenvalue weighted by Gasteiger charge is -2.22. The van der Waals surface area contributed by atoms with Crippen LogP contribution in [0.2, 0.25) is 0 Å². The first-order chi connectivity index (χ1) is 5.46. The molecule has 2 atom stereocenters. The van der Waals surface area contributed by atoms with E-state index in [2.05, 4.69) is 19.9 Å². The summed E-state index contributed by atoms with van der Waals surface area (Å²) in [7, 11) is 0. The fourth-order valence-electron chi connectivity index (χ4n) is 1.85. The SMILES string of the molecule is C#CN1C[C@@](C)(O)CC1C(C)C. The van der Waals surface area contributed by atoms with E-state index < -0.39 is 5.60 Å². The molecule has 1 aliphatic rings. The Morgan fingerprint density at radius 2 is 2.25 bits per heavy atom. The molecule has 1 unspecified atom stereocenters. The fourth-order valence-corrected chi connectivity index (χ4v) is 1.85. The minimum atomic E-state index is -0.596. The lowest BCUT2D eigenvalue weighted by molar-refractivity contribution is 0.0734. The van der Waals surface area contributed by atoms with E-state index >= 15 is 0 Å². The molecule has 1 rings (SSSR count). The first-order valence-electron chi connectivity index (χ1n) is 4.41. The van der Waals surface area contributed by atoms with Crippen molar-refractivity contribution < 1.29 is 5.11 Å². The molecule has 1 fully saturated rings. The van der Waals surface area contributed by atoms with E-state index in [1.807, 2.05) is 11.8 Å². The lowest BCUT2D eigenvalue weighted by atomic mass is 9.96. The second-order valence-corrected chi connectivity index (χ2v) is 4.27. The molecule has 0 saturated carbocycles. The molecule has 1 saturated heterocycles. The molecule has 0 aromatic carbocycles. The molecule has 0 aliphatic carbocycles. The van der Waals surface area contributed by atoms with Crippen molar-refractivity contribution in [1.29, 1.82) is 0 Å². The van der Waals surface area contributed by atoms with E-state index in [0.717, 1.165) is 6.42 Å². The van der Waals surface area contributed by atoms with Crippen LogP contribution in [0, 0.1) is 18.4 Å². The number of hydrogen-bond acceptors (Lipinski definition) is 2. The van der Waals surface area contributed by atoms with Crippen LogP contribution < -0.4 is 0 Å². The van der Waals surface area contributed by atoms with Crippen LogP contribution in [0.1, 0.15) is 27.2 Å². The molecule has 0 amide bonds. The quantitative estimate of drug-likeness (QED) is 0.590.